The van der Waals surface area contributed by atoms with Crippen molar-refractivity contribution in [1.29, 1.82) is 0 Å². The van der Waals surface area contributed by atoms with Crippen LogP contribution in [-0.2, 0) is 17.8 Å². The zero-order chi connectivity index (χ0) is 14.3. The molecule has 1 aliphatic rings. The number of nitrogens with zero attached hydrogens (tertiary/aromatic N) is 3. The van der Waals surface area contributed by atoms with Crippen molar-refractivity contribution in [3.8, 4) is 0 Å². The van der Waals surface area contributed by atoms with Gasteiger partial charge in [-0.2, -0.15) is 10.2 Å². The molecule has 0 aliphatic carbocycles. The molecule has 2 heterocycles. The van der Waals surface area contributed by atoms with Gasteiger partial charge in [-0.3, -0.25) is 14.7 Å². The van der Waals surface area contributed by atoms with Crippen LogP contribution in [0.4, 0.5) is 5.82 Å². The predicted octanol–water partition coefficient (Wildman–Crippen LogP) is 0.845. The van der Waals surface area contributed by atoms with Gasteiger partial charge in [-0.15, -0.1) is 0 Å². The first kappa shape index (κ1) is 12.8. The first-order valence-corrected chi connectivity index (χ1v) is 6.46. The topological polar surface area (TPSA) is 84.4 Å². The van der Waals surface area contributed by atoms with Crippen LogP contribution in [0.5, 0.6) is 0 Å². The lowest BCUT2D eigenvalue weighted by Gasteiger charge is -2.23. The van der Waals surface area contributed by atoms with E-state index in [2.05, 4.69) is 5.10 Å². The fraction of sp³-hybridized carbons (Fsp3) is 0.286. The van der Waals surface area contributed by atoms with Crippen molar-refractivity contribution < 1.29 is 10.0 Å². The van der Waals surface area contributed by atoms with Gasteiger partial charge in [-0.05, 0) is 12.5 Å². The Bertz CT molecular complexity index is 651. The number of benzene rings is 1. The Morgan fingerprint density at radius 1 is 1.40 bits per heavy atom. The highest BCUT2D eigenvalue weighted by molar-refractivity contribution is 5.97. The highest BCUT2D eigenvalue weighted by Gasteiger charge is 2.34. The summed E-state index contributed by atoms with van der Waals surface area (Å²) in [7, 11) is 0. The number of carbonyl (C=O) groups is 1. The van der Waals surface area contributed by atoms with Crippen molar-refractivity contribution in [3.63, 3.8) is 0 Å². The van der Waals surface area contributed by atoms with Crippen molar-refractivity contribution in [2.75, 3.05) is 5.06 Å². The second kappa shape index (κ2) is 4.73. The van der Waals surface area contributed by atoms with Crippen molar-refractivity contribution in [1.82, 2.24) is 9.78 Å². The smallest absolute Gasteiger partial charge is 0.269 e. The third-order valence-corrected chi connectivity index (χ3v) is 3.64. The highest BCUT2D eigenvalue weighted by atomic mass is 16.5. The maximum absolute atomic E-state index is 11.7. The molecule has 1 aromatic carbocycles. The molecule has 1 aliphatic heterocycles. The van der Waals surface area contributed by atoms with E-state index >= 15 is 0 Å². The summed E-state index contributed by atoms with van der Waals surface area (Å²) >= 11 is 0. The molecule has 6 heteroatoms. The largest absolute Gasteiger partial charge is 0.320 e. The van der Waals surface area contributed by atoms with E-state index < -0.39 is 11.9 Å². The third-order valence-electron chi connectivity index (χ3n) is 3.64. The first-order chi connectivity index (χ1) is 9.58. The van der Waals surface area contributed by atoms with Gasteiger partial charge in [-0.25, -0.2) is 0 Å². The Balaban J connectivity index is 1.98. The van der Waals surface area contributed by atoms with Crippen molar-refractivity contribution in [3.05, 3.63) is 47.2 Å². The molecule has 1 aromatic heterocycles. The lowest BCUT2D eigenvalue weighted by Crippen LogP contribution is -2.47. The molecule has 6 nitrogen and oxygen atoms in total. The fourth-order valence-electron chi connectivity index (χ4n) is 2.46. The number of hydrogen-bond donors (Lipinski definition) is 2. The molecule has 1 amide bonds. The monoisotopic (exact) mass is 272 g/mol. The molecule has 3 N–H and O–H groups in total. The minimum atomic E-state index is -0.708. The minimum absolute atomic E-state index is 0.296. The second-order valence-electron chi connectivity index (χ2n) is 4.99. The van der Waals surface area contributed by atoms with E-state index in [9.17, 15) is 10.0 Å². The molecule has 1 atom stereocenters. The van der Waals surface area contributed by atoms with Gasteiger partial charge in [0.05, 0.1) is 12.6 Å². The Kier molecular flexibility index (Phi) is 3.04. The van der Waals surface area contributed by atoms with Gasteiger partial charge in [0.25, 0.3) is 5.91 Å². The summed E-state index contributed by atoms with van der Waals surface area (Å²) in [6.45, 7) is 2.52. The summed E-state index contributed by atoms with van der Waals surface area (Å²) in [4.78, 5) is 11.7. The van der Waals surface area contributed by atoms with E-state index in [0.29, 0.717) is 23.8 Å². The maximum Gasteiger partial charge on any atom is 0.269 e. The van der Waals surface area contributed by atoms with Gasteiger partial charge in [0.1, 0.15) is 0 Å². The van der Waals surface area contributed by atoms with Crippen LogP contribution in [0.2, 0.25) is 0 Å². The highest BCUT2D eigenvalue weighted by Crippen LogP contribution is 2.28. The molecular formula is C14H16N4O2. The van der Waals surface area contributed by atoms with Crippen molar-refractivity contribution in [2.45, 2.75) is 25.9 Å². The van der Waals surface area contributed by atoms with E-state index in [1.807, 2.05) is 37.3 Å². The van der Waals surface area contributed by atoms with Crippen LogP contribution in [0.1, 0.15) is 16.8 Å². The van der Waals surface area contributed by atoms with Crippen LogP contribution < -0.4 is 10.8 Å². The number of aromatic nitrogens is 2. The van der Waals surface area contributed by atoms with Crippen LogP contribution in [0, 0.1) is 6.92 Å². The Labute approximate surface area is 116 Å². The van der Waals surface area contributed by atoms with Crippen molar-refractivity contribution >= 4 is 11.7 Å². The summed E-state index contributed by atoms with van der Waals surface area (Å²) in [6.07, 6.45) is 0.409. The molecule has 104 valence electrons. The van der Waals surface area contributed by atoms with Crippen molar-refractivity contribution in [2.24, 2.45) is 5.73 Å². The number of nitrogens with two attached hydrogens (primary N) is 1. The van der Waals surface area contributed by atoms with Gasteiger partial charge in [0.2, 0.25) is 0 Å². The summed E-state index contributed by atoms with van der Waals surface area (Å²) in [5.41, 5.74) is 8.58. The number of amides is 1. The average molecular weight is 272 g/mol. The quantitative estimate of drug-likeness (QED) is 0.794. The van der Waals surface area contributed by atoms with Gasteiger partial charge >= 0.3 is 0 Å². The maximum atomic E-state index is 11.7. The third kappa shape index (κ3) is 1.99. The summed E-state index contributed by atoms with van der Waals surface area (Å²) in [6, 6.07) is 9.19. The Hall–Kier alpha value is -2.18. The lowest BCUT2D eigenvalue weighted by atomic mass is 10.0. The molecule has 0 bridgehead atoms. The molecule has 1 unspecified atom stereocenters. The SMILES string of the molecule is Cc1c2c(nn1Cc1ccccc1)N(O)C(=O)C(N)C2. The van der Waals surface area contributed by atoms with E-state index in [1.165, 1.54) is 0 Å². The average Bonchev–Trinajstić information content (AvgIpc) is 2.75. The molecule has 0 spiro atoms. The van der Waals surface area contributed by atoms with Gasteiger partial charge < -0.3 is 5.73 Å². The lowest BCUT2D eigenvalue weighted by molar-refractivity contribution is -0.125. The first-order valence-electron chi connectivity index (χ1n) is 6.46. The number of fused-ring (bicyclic) bond motifs is 1. The van der Waals surface area contributed by atoms with Crippen LogP contribution in [0.15, 0.2) is 30.3 Å². The van der Waals surface area contributed by atoms with Crippen LogP contribution >= 0.6 is 0 Å². The number of hydrogen-bond acceptors (Lipinski definition) is 4. The molecular weight excluding hydrogens is 256 g/mol. The number of carbonyl (C=O) groups excluding carboxylic acids is 1. The van der Waals surface area contributed by atoms with Crippen LogP contribution in [0.3, 0.4) is 0 Å². The molecule has 0 fully saturated rings. The summed E-state index contributed by atoms with van der Waals surface area (Å²) in [5.74, 6) is -0.216. The molecule has 20 heavy (non-hydrogen) atoms. The standard InChI is InChI=1S/C14H16N4O2/c1-9-11-7-12(15)14(19)18(20)13(11)16-17(9)8-10-5-3-2-4-6-10/h2-6,12,20H,7-8,15H2,1H3. The molecule has 3 rings (SSSR count). The molecule has 2 aromatic rings. The fourth-order valence-corrected chi connectivity index (χ4v) is 2.46. The number of anilines is 1. The van der Waals surface area contributed by atoms with Gasteiger partial charge in [0.15, 0.2) is 5.82 Å². The Morgan fingerprint density at radius 2 is 2.10 bits per heavy atom. The second-order valence-corrected chi connectivity index (χ2v) is 4.99. The van der Waals surface area contributed by atoms with E-state index in [1.54, 1.807) is 4.68 Å². The molecule has 0 saturated carbocycles. The summed E-state index contributed by atoms with van der Waals surface area (Å²) in [5, 5.41) is 14.7. The van der Waals surface area contributed by atoms with Crippen LogP contribution in [-0.4, -0.2) is 26.9 Å². The van der Waals surface area contributed by atoms with Gasteiger partial charge in [-0.1, -0.05) is 30.3 Å². The van der Waals surface area contributed by atoms with Crippen LogP contribution in [0.25, 0.3) is 0 Å². The van der Waals surface area contributed by atoms with E-state index in [4.69, 9.17) is 5.73 Å². The predicted molar refractivity (Wildman–Crippen MR) is 73.5 cm³/mol. The normalized spacial score (nSPS) is 18.2. The number of hydroxylamine groups is 1. The molecule has 0 radical (unpaired) electrons. The molecule has 0 saturated heterocycles. The zero-order valence-corrected chi connectivity index (χ0v) is 11.2. The van der Waals surface area contributed by atoms with Gasteiger partial charge in [0, 0.05) is 17.7 Å². The zero-order valence-electron chi connectivity index (χ0n) is 11.2. The van der Waals surface area contributed by atoms with E-state index in [0.717, 1.165) is 16.8 Å². The Morgan fingerprint density at radius 3 is 2.80 bits per heavy atom. The number of rotatable bonds is 2. The minimum Gasteiger partial charge on any atom is -0.320 e. The van der Waals surface area contributed by atoms with E-state index in [-0.39, 0.29) is 0 Å². The summed E-state index contributed by atoms with van der Waals surface area (Å²) < 4.78 is 1.79.